The lowest BCUT2D eigenvalue weighted by Crippen LogP contribution is -2.36. The van der Waals surface area contributed by atoms with Gasteiger partial charge >= 0.3 is 5.97 Å². The van der Waals surface area contributed by atoms with Crippen molar-refractivity contribution in [2.75, 3.05) is 26.4 Å². The van der Waals surface area contributed by atoms with Crippen molar-refractivity contribution in [2.24, 2.45) is 5.92 Å². The molecule has 2 aliphatic heterocycles. The lowest BCUT2D eigenvalue weighted by molar-refractivity contribution is -0.143. The summed E-state index contributed by atoms with van der Waals surface area (Å²) in [6.45, 7) is 2.96. The molecule has 1 fully saturated rings. The molecule has 1 unspecified atom stereocenters. The molecular weight excluding hydrogens is 354 g/mol. The van der Waals surface area contributed by atoms with E-state index < -0.39 is 5.97 Å². The Kier molecular flexibility index (Phi) is 5.93. The summed E-state index contributed by atoms with van der Waals surface area (Å²) in [4.78, 5) is 13.5. The molecule has 5 nitrogen and oxygen atoms in total. The van der Waals surface area contributed by atoms with Crippen LogP contribution in [0.2, 0.25) is 0 Å². The van der Waals surface area contributed by atoms with Crippen molar-refractivity contribution >= 4 is 5.97 Å². The van der Waals surface area contributed by atoms with Crippen LogP contribution < -0.4 is 0 Å². The Bertz CT molecular complexity index is 791. The fourth-order valence-electron chi connectivity index (χ4n) is 4.27. The molecule has 0 radical (unpaired) electrons. The predicted molar refractivity (Wildman–Crippen MR) is 107 cm³/mol. The van der Waals surface area contributed by atoms with Crippen molar-refractivity contribution < 1.29 is 19.4 Å². The van der Waals surface area contributed by atoms with E-state index in [1.54, 1.807) is 6.26 Å². The first-order chi connectivity index (χ1) is 13.7. The van der Waals surface area contributed by atoms with Crippen molar-refractivity contribution in [3.05, 3.63) is 71.1 Å². The fraction of sp³-hybridized carbons (Fsp3) is 0.435. The second kappa shape index (κ2) is 8.76. The first-order valence-electron chi connectivity index (χ1n) is 10.1. The van der Waals surface area contributed by atoms with Crippen LogP contribution in [0.3, 0.4) is 0 Å². The van der Waals surface area contributed by atoms with Gasteiger partial charge in [0.15, 0.2) is 6.79 Å². The molecule has 0 spiro atoms. The highest BCUT2D eigenvalue weighted by Gasteiger charge is 2.25. The Labute approximate surface area is 166 Å². The van der Waals surface area contributed by atoms with Crippen LogP contribution in [0.5, 0.6) is 0 Å². The number of aliphatic carboxylic acids is 1. The van der Waals surface area contributed by atoms with E-state index in [-0.39, 0.29) is 18.8 Å². The number of piperidine rings is 1. The highest BCUT2D eigenvalue weighted by Crippen LogP contribution is 2.36. The smallest absolute Gasteiger partial charge is 0.306 e. The van der Waals surface area contributed by atoms with E-state index in [1.165, 1.54) is 16.7 Å². The van der Waals surface area contributed by atoms with Gasteiger partial charge in [0.2, 0.25) is 0 Å². The van der Waals surface area contributed by atoms with Crippen molar-refractivity contribution in [3.8, 4) is 0 Å². The van der Waals surface area contributed by atoms with Crippen molar-refractivity contribution in [1.29, 1.82) is 0 Å². The summed E-state index contributed by atoms with van der Waals surface area (Å²) in [5.41, 5.74) is 4.82. The first-order valence-corrected chi connectivity index (χ1v) is 10.1. The number of allylic oxidation sites excluding steroid dienone is 7. The lowest BCUT2D eigenvalue weighted by Gasteiger charge is -2.30. The van der Waals surface area contributed by atoms with Gasteiger partial charge in [-0.05, 0) is 55.5 Å². The Morgan fingerprint density at radius 1 is 1.25 bits per heavy atom. The van der Waals surface area contributed by atoms with Crippen LogP contribution in [0.25, 0.3) is 0 Å². The molecule has 0 aromatic heterocycles. The summed E-state index contributed by atoms with van der Waals surface area (Å²) in [7, 11) is 0. The minimum absolute atomic E-state index is 0.0753. The number of hydrogen-bond acceptors (Lipinski definition) is 4. The van der Waals surface area contributed by atoms with Crippen molar-refractivity contribution in [2.45, 2.75) is 31.8 Å². The Hall–Kier alpha value is -2.37. The molecule has 0 aromatic carbocycles. The van der Waals surface area contributed by atoms with Gasteiger partial charge < -0.3 is 19.5 Å². The van der Waals surface area contributed by atoms with Gasteiger partial charge in [-0.3, -0.25) is 4.79 Å². The Morgan fingerprint density at radius 3 is 2.93 bits per heavy atom. The van der Waals surface area contributed by atoms with E-state index in [1.807, 2.05) is 6.08 Å². The van der Waals surface area contributed by atoms with Gasteiger partial charge in [-0.2, -0.15) is 0 Å². The minimum atomic E-state index is -0.652. The molecule has 1 saturated heterocycles. The number of likely N-dealkylation sites (tertiary alicyclic amines) is 1. The van der Waals surface area contributed by atoms with E-state index in [9.17, 15) is 4.79 Å². The molecule has 0 bridgehead atoms. The number of rotatable bonds is 4. The number of carboxylic acid groups (broad SMARTS) is 1. The van der Waals surface area contributed by atoms with Crippen LogP contribution in [0, 0.1) is 5.92 Å². The highest BCUT2D eigenvalue weighted by atomic mass is 16.7. The van der Waals surface area contributed by atoms with E-state index in [4.69, 9.17) is 14.6 Å². The monoisotopic (exact) mass is 381 g/mol. The summed E-state index contributed by atoms with van der Waals surface area (Å²) in [6.07, 6.45) is 20.0. The number of nitrogens with zero attached hydrogens (tertiary/aromatic N) is 1. The second-order valence-corrected chi connectivity index (χ2v) is 7.60. The molecule has 0 amide bonds. The van der Waals surface area contributed by atoms with E-state index in [0.717, 1.165) is 50.9 Å². The average Bonchev–Trinajstić information content (AvgIpc) is 2.70. The molecule has 1 N–H and O–H groups in total. The number of ether oxygens (including phenoxy) is 2. The van der Waals surface area contributed by atoms with Gasteiger partial charge in [0.1, 0.15) is 6.10 Å². The predicted octanol–water partition coefficient (Wildman–Crippen LogP) is 3.74. The number of carboxylic acids is 1. The molecule has 4 aliphatic rings. The van der Waals surface area contributed by atoms with Gasteiger partial charge in [0, 0.05) is 12.1 Å². The maximum absolute atomic E-state index is 11.1. The summed E-state index contributed by atoms with van der Waals surface area (Å²) in [5.74, 6) is -0.822. The van der Waals surface area contributed by atoms with Crippen LogP contribution in [0.15, 0.2) is 71.1 Å². The second-order valence-electron chi connectivity index (χ2n) is 7.60. The Balaban J connectivity index is 1.48. The number of fused-ring (bicyclic) bond motifs is 2. The summed E-state index contributed by atoms with van der Waals surface area (Å²) in [6, 6.07) is 0. The molecule has 1 atom stereocenters. The van der Waals surface area contributed by atoms with Gasteiger partial charge in [0.25, 0.3) is 0 Å². The van der Waals surface area contributed by atoms with Gasteiger partial charge in [0.05, 0.1) is 12.2 Å². The third kappa shape index (κ3) is 4.21. The topological polar surface area (TPSA) is 59.0 Å². The Morgan fingerprint density at radius 2 is 2.11 bits per heavy atom. The molecule has 148 valence electrons. The molecule has 0 saturated carbocycles. The van der Waals surface area contributed by atoms with E-state index in [0.29, 0.717) is 0 Å². The van der Waals surface area contributed by atoms with Crippen LogP contribution >= 0.6 is 0 Å². The zero-order valence-electron chi connectivity index (χ0n) is 16.0. The normalized spacial score (nSPS) is 26.9. The largest absolute Gasteiger partial charge is 0.481 e. The quantitative estimate of drug-likeness (QED) is 0.804. The SMILES string of the molecule is O=C(O)C1CCN(CCC=C2CC=CC3=COCOC4C=CC=CC4=C32)CC1. The number of hydrogen-bond donors (Lipinski definition) is 1. The number of carbonyl (C=O) groups is 1. The molecular formula is C23H27NO4. The molecule has 28 heavy (non-hydrogen) atoms. The molecule has 2 heterocycles. The molecule has 4 rings (SSSR count). The lowest BCUT2D eigenvalue weighted by atomic mass is 9.83. The highest BCUT2D eigenvalue weighted by molar-refractivity contribution is 5.70. The summed E-state index contributed by atoms with van der Waals surface area (Å²) < 4.78 is 11.4. The van der Waals surface area contributed by atoms with E-state index >= 15 is 0 Å². The van der Waals surface area contributed by atoms with Crippen molar-refractivity contribution in [1.82, 2.24) is 4.90 Å². The molecule has 5 heteroatoms. The molecule has 2 aliphatic carbocycles. The summed E-state index contributed by atoms with van der Waals surface area (Å²) >= 11 is 0. The fourth-order valence-corrected chi connectivity index (χ4v) is 4.27. The van der Waals surface area contributed by atoms with Crippen LogP contribution in [0.4, 0.5) is 0 Å². The maximum atomic E-state index is 11.1. The minimum Gasteiger partial charge on any atom is -0.481 e. The van der Waals surface area contributed by atoms with E-state index in [2.05, 4.69) is 41.4 Å². The van der Waals surface area contributed by atoms with Crippen LogP contribution in [-0.2, 0) is 14.3 Å². The summed E-state index contributed by atoms with van der Waals surface area (Å²) in [5, 5.41) is 9.14. The zero-order chi connectivity index (χ0) is 19.3. The van der Waals surface area contributed by atoms with Gasteiger partial charge in [-0.1, -0.05) is 42.5 Å². The van der Waals surface area contributed by atoms with Crippen LogP contribution in [-0.4, -0.2) is 48.5 Å². The first kappa shape index (κ1) is 19.0. The zero-order valence-corrected chi connectivity index (χ0v) is 16.0. The van der Waals surface area contributed by atoms with Crippen LogP contribution in [0.1, 0.15) is 25.7 Å². The molecule has 0 aromatic rings. The van der Waals surface area contributed by atoms with Gasteiger partial charge in [-0.15, -0.1) is 0 Å². The maximum Gasteiger partial charge on any atom is 0.306 e. The third-order valence-corrected chi connectivity index (χ3v) is 5.81. The van der Waals surface area contributed by atoms with Crippen molar-refractivity contribution in [3.63, 3.8) is 0 Å². The third-order valence-electron chi connectivity index (χ3n) is 5.81. The average molecular weight is 381 g/mol. The standard InChI is InChI=1S/C23H27NO4/c25-23(26)18-10-13-24(14-11-18)12-4-7-17-5-3-6-19-15-27-16-28-21-9-2-1-8-20(21)22(17)19/h1-3,6-9,15,18,21H,4-5,10-14,16H2,(H,25,26). The van der Waals surface area contributed by atoms with Gasteiger partial charge in [-0.25, -0.2) is 0 Å².